The summed E-state index contributed by atoms with van der Waals surface area (Å²) in [6.45, 7) is 3.35. The molecule has 1 rings (SSSR count). The molecule has 0 aromatic heterocycles. The number of carbonyl (C=O) groups is 2. The van der Waals surface area contributed by atoms with Gasteiger partial charge in [0, 0.05) is 12.6 Å². The quantitative estimate of drug-likeness (QED) is 0.640. The molecule has 8 heteroatoms. The smallest absolute Gasteiger partial charge is 0.305 e. The van der Waals surface area contributed by atoms with E-state index < -0.39 is 34.3 Å². The van der Waals surface area contributed by atoms with E-state index in [2.05, 4.69) is 0 Å². The van der Waals surface area contributed by atoms with Gasteiger partial charge < -0.3 is 10.0 Å². The van der Waals surface area contributed by atoms with Gasteiger partial charge in [-0.05, 0) is 26.0 Å². The maximum absolute atomic E-state index is 13.1. The monoisotopic (exact) mass is 298 g/mol. The van der Waals surface area contributed by atoms with E-state index in [1.807, 2.05) is 0 Å². The van der Waals surface area contributed by atoms with Gasteiger partial charge in [0.25, 0.3) is 11.6 Å². The maximum atomic E-state index is 13.1. The number of carboxylic acids is 1. The first-order chi connectivity index (χ1) is 9.77. The van der Waals surface area contributed by atoms with Crippen LogP contribution in [-0.2, 0) is 4.79 Å². The zero-order valence-corrected chi connectivity index (χ0v) is 11.6. The molecule has 0 radical (unpaired) electrons. The molecule has 0 saturated carbocycles. The number of carbonyl (C=O) groups excluding carboxylic acids is 1. The van der Waals surface area contributed by atoms with E-state index in [-0.39, 0.29) is 18.5 Å². The number of carboxylic acid groups (broad SMARTS) is 1. The largest absolute Gasteiger partial charge is 0.481 e. The first kappa shape index (κ1) is 16.5. The summed E-state index contributed by atoms with van der Waals surface area (Å²) in [7, 11) is 0. The van der Waals surface area contributed by atoms with Crippen molar-refractivity contribution in [3.8, 4) is 0 Å². The van der Waals surface area contributed by atoms with Crippen LogP contribution in [0.15, 0.2) is 18.2 Å². The summed E-state index contributed by atoms with van der Waals surface area (Å²) in [5.74, 6) is -2.60. The van der Waals surface area contributed by atoms with Crippen LogP contribution in [0.5, 0.6) is 0 Å². The number of aliphatic carboxylic acids is 1. The average Bonchev–Trinajstić information content (AvgIpc) is 2.38. The van der Waals surface area contributed by atoms with Crippen LogP contribution in [0.25, 0.3) is 0 Å². The summed E-state index contributed by atoms with van der Waals surface area (Å²) in [5.41, 5.74) is -0.901. The molecule has 1 unspecified atom stereocenters. The molecule has 1 aromatic carbocycles. The predicted octanol–water partition coefficient (Wildman–Crippen LogP) is 2.06. The lowest BCUT2D eigenvalue weighted by Gasteiger charge is -2.26. The van der Waals surface area contributed by atoms with Crippen LogP contribution < -0.4 is 0 Å². The number of rotatable bonds is 6. The molecule has 1 aromatic rings. The average molecular weight is 298 g/mol. The van der Waals surface area contributed by atoms with Gasteiger partial charge in [0.1, 0.15) is 11.4 Å². The minimum absolute atomic E-state index is 0.182. The SMILES string of the molecule is CCN(C(=O)c1ccc(F)cc1[N+](=O)[O-])C(C)CC(=O)O. The van der Waals surface area contributed by atoms with Crippen LogP contribution in [0.3, 0.4) is 0 Å². The molecule has 1 N–H and O–H groups in total. The zero-order chi connectivity index (χ0) is 16.2. The van der Waals surface area contributed by atoms with Crippen LogP contribution in [0.1, 0.15) is 30.6 Å². The molecule has 0 fully saturated rings. The first-order valence-corrected chi connectivity index (χ1v) is 6.24. The molecule has 1 amide bonds. The van der Waals surface area contributed by atoms with Crippen LogP contribution in [0, 0.1) is 15.9 Å². The van der Waals surface area contributed by atoms with Gasteiger partial charge in [0.2, 0.25) is 0 Å². The second-order valence-electron chi connectivity index (χ2n) is 4.46. The molecule has 0 spiro atoms. The van der Waals surface area contributed by atoms with Crippen molar-refractivity contribution in [2.45, 2.75) is 26.3 Å². The number of benzene rings is 1. The topological polar surface area (TPSA) is 101 Å². The zero-order valence-electron chi connectivity index (χ0n) is 11.6. The van der Waals surface area contributed by atoms with Gasteiger partial charge in [-0.2, -0.15) is 0 Å². The first-order valence-electron chi connectivity index (χ1n) is 6.24. The Bertz CT molecular complexity index is 576. The number of hydrogen-bond donors (Lipinski definition) is 1. The number of nitro benzene ring substituents is 1. The fourth-order valence-corrected chi connectivity index (χ4v) is 2.01. The van der Waals surface area contributed by atoms with Gasteiger partial charge in [0.05, 0.1) is 17.4 Å². The van der Waals surface area contributed by atoms with Crippen molar-refractivity contribution in [2.75, 3.05) is 6.54 Å². The Labute approximate surface area is 120 Å². The lowest BCUT2D eigenvalue weighted by molar-refractivity contribution is -0.385. The highest BCUT2D eigenvalue weighted by Crippen LogP contribution is 2.22. The van der Waals surface area contributed by atoms with E-state index in [4.69, 9.17) is 5.11 Å². The van der Waals surface area contributed by atoms with Crippen LogP contribution >= 0.6 is 0 Å². The third kappa shape index (κ3) is 3.98. The minimum atomic E-state index is -1.08. The molecule has 0 aliphatic rings. The van der Waals surface area contributed by atoms with Crippen LogP contribution in [-0.4, -0.2) is 39.4 Å². The van der Waals surface area contributed by atoms with Crippen molar-refractivity contribution in [2.24, 2.45) is 0 Å². The third-order valence-electron chi connectivity index (χ3n) is 2.99. The van der Waals surface area contributed by atoms with E-state index >= 15 is 0 Å². The van der Waals surface area contributed by atoms with Crippen molar-refractivity contribution in [3.63, 3.8) is 0 Å². The van der Waals surface area contributed by atoms with E-state index in [0.717, 1.165) is 12.1 Å². The van der Waals surface area contributed by atoms with Crippen molar-refractivity contribution >= 4 is 17.6 Å². The second-order valence-corrected chi connectivity index (χ2v) is 4.46. The second kappa shape index (κ2) is 6.78. The Morgan fingerprint density at radius 2 is 2.10 bits per heavy atom. The molecule has 0 saturated heterocycles. The van der Waals surface area contributed by atoms with Crippen LogP contribution in [0.2, 0.25) is 0 Å². The lowest BCUT2D eigenvalue weighted by atomic mass is 10.1. The van der Waals surface area contributed by atoms with Gasteiger partial charge in [0.15, 0.2) is 0 Å². The summed E-state index contributed by atoms with van der Waals surface area (Å²) in [6.07, 6.45) is -0.283. The molecular formula is C13H15FN2O5. The van der Waals surface area contributed by atoms with Crippen molar-refractivity contribution in [1.29, 1.82) is 0 Å². The molecule has 0 aliphatic carbocycles. The lowest BCUT2D eigenvalue weighted by Crippen LogP contribution is -2.40. The summed E-state index contributed by atoms with van der Waals surface area (Å²) in [4.78, 5) is 34.3. The van der Waals surface area contributed by atoms with Gasteiger partial charge >= 0.3 is 5.97 Å². The fraction of sp³-hybridized carbons (Fsp3) is 0.385. The van der Waals surface area contributed by atoms with Gasteiger partial charge in [-0.1, -0.05) is 0 Å². The Kier molecular flexibility index (Phi) is 5.34. The van der Waals surface area contributed by atoms with E-state index in [9.17, 15) is 24.1 Å². The van der Waals surface area contributed by atoms with Crippen molar-refractivity contribution in [3.05, 3.63) is 39.7 Å². The van der Waals surface area contributed by atoms with Crippen molar-refractivity contribution in [1.82, 2.24) is 4.90 Å². The van der Waals surface area contributed by atoms with Crippen molar-refractivity contribution < 1.29 is 24.0 Å². The van der Waals surface area contributed by atoms with Gasteiger partial charge in [-0.25, -0.2) is 4.39 Å². The number of hydrogen-bond acceptors (Lipinski definition) is 4. The third-order valence-corrected chi connectivity index (χ3v) is 2.99. The molecule has 1 atom stereocenters. The Morgan fingerprint density at radius 3 is 2.57 bits per heavy atom. The summed E-state index contributed by atoms with van der Waals surface area (Å²) in [5, 5.41) is 19.7. The maximum Gasteiger partial charge on any atom is 0.305 e. The summed E-state index contributed by atoms with van der Waals surface area (Å²) in [6, 6.07) is 2.02. The molecule has 0 heterocycles. The Morgan fingerprint density at radius 1 is 1.48 bits per heavy atom. The highest BCUT2D eigenvalue weighted by Gasteiger charge is 2.28. The molecular weight excluding hydrogens is 283 g/mol. The van der Waals surface area contributed by atoms with Gasteiger partial charge in [-0.3, -0.25) is 19.7 Å². The molecule has 114 valence electrons. The molecule has 0 bridgehead atoms. The van der Waals surface area contributed by atoms with Crippen LogP contribution in [0.4, 0.5) is 10.1 Å². The van der Waals surface area contributed by atoms with E-state index in [0.29, 0.717) is 6.07 Å². The molecule has 21 heavy (non-hydrogen) atoms. The number of halogens is 1. The molecule has 0 aliphatic heterocycles. The number of amides is 1. The Hall–Kier alpha value is -2.51. The highest BCUT2D eigenvalue weighted by molar-refractivity contribution is 5.98. The fourth-order valence-electron chi connectivity index (χ4n) is 2.01. The number of nitrogens with zero attached hydrogens (tertiary/aromatic N) is 2. The summed E-state index contributed by atoms with van der Waals surface area (Å²) >= 11 is 0. The minimum Gasteiger partial charge on any atom is -0.481 e. The molecule has 7 nitrogen and oxygen atoms in total. The number of nitro groups is 1. The normalized spacial score (nSPS) is 11.8. The Balaban J connectivity index is 3.16. The summed E-state index contributed by atoms with van der Waals surface area (Å²) < 4.78 is 13.1. The highest BCUT2D eigenvalue weighted by atomic mass is 19.1. The van der Waals surface area contributed by atoms with Gasteiger partial charge in [-0.15, -0.1) is 0 Å². The van der Waals surface area contributed by atoms with E-state index in [1.165, 1.54) is 11.8 Å². The van der Waals surface area contributed by atoms with E-state index in [1.54, 1.807) is 6.92 Å². The standard InChI is InChI=1S/C13H15FN2O5/c1-3-15(8(2)6-12(17)18)13(19)10-5-4-9(14)7-11(10)16(20)21/h4-5,7-8H,3,6H2,1-2H3,(H,17,18). The predicted molar refractivity (Wildman–Crippen MR) is 71.5 cm³/mol.